The highest BCUT2D eigenvalue weighted by Crippen LogP contribution is 2.28. The number of unbranched alkanes of at least 4 members (excludes halogenated alkanes) is 3. The van der Waals surface area contributed by atoms with Crippen LogP contribution in [-0.2, 0) is 14.2 Å². The molecule has 0 saturated carbocycles. The Morgan fingerprint density at radius 1 is 0.369 bits per heavy atom. The summed E-state index contributed by atoms with van der Waals surface area (Å²) in [6, 6.07) is 38.0. The first-order chi connectivity index (χ1) is 40.5. The molecule has 0 aliphatic heterocycles. The van der Waals surface area contributed by atoms with E-state index in [0.29, 0.717) is 50.8 Å². The van der Waals surface area contributed by atoms with Crippen LogP contribution in [0.3, 0.4) is 0 Å². The predicted octanol–water partition coefficient (Wildman–Crippen LogP) is 14.4. The van der Waals surface area contributed by atoms with Crippen LogP contribution in [0, 0.1) is 41.5 Å². The molecule has 0 fully saturated rings. The molecule has 1 heterocycles. The summed E-state index contributed by atoms with van der Waals surface area (Å²) >= 11 is 0. The zero-order valence-corrected chi connectivity index (χ0v) is 48.5. The van der Waals surface area contributed by atoms with Crippen molar-refractivity contribution >= 4 is 87.5 Å². The second-order valence-electron chi connectivity index (χ2n) is 19.6. The second kappa shape index (κ2) is 29.4. The van der Waals surface area contributed by atoms with Crippen LogP contribution < -0.4 is 33.0 Å². The lowest BCUT2D eigenvalue weighted by Crippen LogP contribution is -2.53. The zero-order chi connectivity index (χ0) is 60.3. The molecule has 21 heteroatoms. The van der Waals surface area contributed by atoms with Gasteiger partial charge in [-0.1, -0.05) is 76.4 Å². The molecule has 84 heavy (non-hydrogen) atoms. The van der Waals surface area contributed by atoms with Gasteiger partial charge in [0.15, 0.2) is 0 Å². The molecule has 21 nitrogen and oxygen atoms in total. The van der Waals surface area contributed by atoms with Crippen molar-refractivity contribution in [1.29, 1.82) is 0 Å². The number of carbonyl (C=O) groups is 3. The summed E-state index contributed by atoms with van der Waals surface area (Å²) in [6.45, 7) is 17.5. The van der Waals surface area contributed by atoms with Gasteiger partial charge in [-0.25, -0.2) is 42.5 Å². The van der Waals surface area contributed by atoms with E-state index in [1.807, 2.05) is 41.5 Å². The normalized spacial score (nSPS) is 10.5. The molecule has 0 unspecified atom stereocenters. The summed E-state index contributed by atoms with van der Waals surface area (Å²) in [5.74, 6) is 0. The fraction of sp³-hybridized carbons (Fsp3) is 0.286. The van der Waals surface area contributed by atoms with Crippen molar-refractivity contribution in [2.75, 3.05) is 35.8 Å². The maximum absolute atomic E-state index is 15.2. The number of aromatic nitrogens is 3. The molecule has 3 N–H and O–H groups in total. The number of aliphatic imine (C=N–C) groups is 6. The van der Waals surface area contributed by atoms with E-state index in [1.54, 1.807) is 112 Å². The van der Waals surface area contributed by atoms with Crippen LogP contribution in [0.15, 0.2) is 154 Å². The molecule has 0 atom stereocenters. The summed E-state index contributed by atoms with van der Waals surface area (Å²) in [6.07, 6.45) is 3.07. The summed E-state index contributed by atoms with van der Waals surface area (Å²) in [7, 11) is 0. The Hall–Kier alpha value is -10.3. The molecular weight excluding hydrogens is 1070 g/mol. The lowest BCUT2D eigenvalue weighted by Gasteiger charge is -2.18. The quantitative estimate of drug-likeness (QED) is 0.0351. The Morgan fingerprint density at radius 2 is 0.595 bits per heavy atom. The van der Waals surface area contributed by atoms with Crippen molar-refractivity contribution in [3.05, 3.63) is 174 Å². The van der Waals surface area contributed by atoms with E-state index in [-0.39, 0.29) is 53.9 Å². The molecule has 0 aliphatic carbocycles. The first kappa shape index (κ1) is 61.3. The SMILES string of the molecule is CCCCOC(=O)Nc1cc(N=C=Nc2ccc(C)c(-n3c(=O)n(-c4cc(N=C=Nc5ccc(C)c(NC(=O)OCCCC)c5)ccc4C)c(=O)n(-c4cc(N=C=Nc5ccc(C)c(NC(=O)OCCCC)c5)ccc4C)c3=O)c2)ccc1C. The van der Waals surface area contributed by atoms with Gasteiger partial charge in [0.25, 0.3) is 0 Å². The van der Waals surface area contributed by atoms with Crippen LogP contribution in [0.5, 0.6) is 0 Å². The largest absolute Gasteiger partial charge is 0.449 e. The molecule has 3 amide bonds. The number of nitrogens with zero attached hydrogens (tertiary/aromatic N) is 9. The molecule has 1 aromatic heterocycles. The van der Waals surface area contributed by atoms with Crippen LogP contribution in [0.2, 0.25) is 0 Å². The van der Waals surface area contributed by atoms with Gasteiger partial charge in [0.1, 0.15) is 18.0 Å². The highest BCUT2D eigenvalue weighted by atomic mass is 16.6. The minimum Gasteiger partial charge on any atom is -0.449 e. The fourth-order valence-electron chi connectivity index (χ4n) is 8.12. The van der Waals surface area contributed by atoms with Crippen LogP contribution in [0.1, 0.15) is 92.7 Å². The van der Waals surface area contributed by atoms with Crippen LogP contribution in [-0.4, -0.2) is 69.8 Å². The van der Waals surface area contributed by atoms with Crippen molar-refractivity contribution in [3.63, 3.8) is 0 Å². The monoisotopic (exact) mass is 1130 g/mol. The summed E-state index contributed by atoms with van der Waals surface area (Å²) in [5.41, 5.74) is 4.55. The van der Waals surface area contributed by atoms with Crippen molar-refractivity contribution in [2.24, 2.45) is 30.0 Å². The Labute approximate surface area is 485 Å². The molecule has 7 aromatic rings. The average molecular weight is 1140 g/mol. The Balaban J connectivity index is 1.32. The third-order valence-electron chi connectivity index (χ3n) is 13.1. The lowest BCUT2D eigenvalue weighted by molar-refractivity contribution is 0.159. The molecule has 7 rings (SSSR count). The molecule has 0 bridgehead atoms. The van der Waals surface area contributed by atoms with E-state index in [2.05, 4.69) is 63.9 Å². The number of amides is 3. The topological polar surface area (TPSA) is 255 Å². The second-order valence-corrected chi connectivity index (χ2v) is 19.6. The van der Waals surface area contributed by atoms with Gasteiger partial charge < -0.3 is 14.2 Å². The number of rotatable bonds is 21. The average Bonchev–Trinajstić information content (AvgIpc) is 1.72. The molecule has 0 spiro atoms. The number of aryl methyl sites for hydroxylation is 6. The van der Waals surface area contributed by atoms with E-state index in [1.165, 1.54) is 18.2 Å². The number of carbonyl (C=O) groups excluding carboxylic acids is 3. The number of benzene rings is 6. The first-order valence-corrected chi connectivity index (χ1v) is 27.4. The van der Waals surface area contributed by atoms with E-state index in [9.17, 15) is 14.4 Å². The third kappa shape index (κ3) is 16.2. The van der Waals surface area contributed by atoms with Crippen molar-refractivity contribution in [2.45, 2.75) is 101 Å². The molecule has 432 valence electrons. The zero-order valence-electron chi connectivity index (χ0n) is 48.5. The molecule has 6 aromatic carbocycles. The van der Waals surface area contributed by atoms with E-state index >= 15 is 14.4 Å². The van der Waals surface area contributed by atoms with Crippen molar-refractivity contribution in [3.8, 4) is 17.1 Å². The summed E-state index contributed by atoms with van der Waals surface area (Å²) in [4.78, 5) is 109. The maximum atomic E-state index is 15.2. The smallest absolute Gasteiger partial charge is 0.411 e. The summed E-state index contributed by atoms with van der Waals surface area (Å²) in [5, 5.41) is 8.24. The van der Waals surface area contributed by atoms with Crippen LogP contribution >= 0.6 is 0 Å². The number of anilines is 3. The third-order valence-corrected chi connectivity index (χ3v) is 13.1. The standard InChI is InChI=1S/C63H66N12O9/c1-10-13-28-82-58(76)70-52-31-46(22-16-40(52)4)64-37-67-49-25-19-43(7)55(34-49)73-61(79)74(56-35-50(26-20-44(56)8)68-38-65-47-23-17-41(5)53(32-47)71-59(77)83-29-14-11-2)63(81)75(62(73)80)57-36-51(27-21-45(57)9)69-39-66-48-24-18-42(6)54(33-48)72-60(78)84-30-15-12-3/h16-27,31-36H,10-15,28-30H2,1-9H3,(H,70,76)(H,71,77)(H,72,78). The molecular formula is C63H66N12O9. The van der Waals surface area contributed by atoms with Gasteiger partial charge in [-0.2, -0.15) is 30.0 Å². The molecule has 0 saturated heterocycles. The fourth-order valence-corrected chi connectivity index (χ4v) is 8.12. The van der Waals surface area contributed by atoms with Crippen molar-refractivity contribution < 1.29 is 28.6 Å². The van der Waals surface area contributed by atoms with E-state index in [4.69, 9.17) is 14.2 Å². The number of nitrogens with one attached hydrogen (secondary N) is 3. The van der Waals surface area contributed by atoms with Crippen LogP contribution in [0.4, 0.5) is 65.6 Å². The van der Waals surface area contributed by atoms with Gasteiger partial charge in [0.2, 0.25) is 0 Å². The van der Waals surface area contributed by atoms with E-state index in [0.717, 1.165) is 68.9 Å². The maximum Gasteiger partial charge on any atom is 0.411 e. The van der Waals surface area contributed by atoms with Gasteiger partial charge in [-0.05, 0) is 167 Å². The van der Waals surface area contributed by atoms with Gasteiger partial charge in [0, 0.05) is 17.1 Å². The molecule has 0 aliphatic rings. The highest BCUT2D eigenvalue weighted by molar-refractivity contribution is 5.88. The number of ether oxygens (including phenoxy) is 3. The van der Waals surface area contributed by atoms with E-state index < -0.39 is 35.3 Å². The van der Waals surface area contributed by atoms with Gasteiger partial charge >= 0.3 is 35.3 Å². The minimum atomic E-state index is -1.00. The van der Waals surface area contributed by atoms with Gasteiger partial charge in [0.05, 0.1) is 71.0 Å². The predicted molar refractivity (Wildman–Crippen MR) is 328 cm³/mol. The lowest BCUT2D eigenvalue weighted by atomic mass is 10.1. The highest BCUT2D eigenvalue weighted by Gasteiger charge is 2.23. The Kier molecular flexibility index (Phi) is 21.5. The Morgan fingerprint density at radius 3 is 0.833 bits per heavy atom. The van der Waals surface area contributed by atoms with Crippen molar-refractivity contribution in [1.82, 2.24) is 13.7 Å². The first-order valence-electron chi connectivity index (χ1n) is 27.4. The minimum absolute atomic E-state index is 0.0965. The number of hydrogen-bond donors (Lipinski definition) is 3. The van der Waals surface area contributed by atoms with Gasteiger partial charge in [-0.3, -0.25) is 16.0 Å². The van der Waals surface area contributed by atoms with Crippen LogP contribution in [0.25, 0.3) is 17.1 Å². The summed E-state index contributed by atoms with van der Waals surface area (Å²) < 4.78 is 18.5. The Bertz CT molecular complexity index is 3570. The molecule has 0 radical (unpaired) electrons. The number of hydrogen-bond acceptors (Lipinski definition) is 15. The van der Waals surface area contributed by atoms with Gasteiger partial charge in [-0.15, -0.1) is 0 Å².